The average molecular weight is 434 g/mol. The molecule has 0 spiro atoms. The Hall–Kier alpha value is -2.75. The zero-order chi connectivity index (χ0) is 22.5. The van der Waals surface area contributed by atoms with Crippen LogP contribution in [0.25, 0.3) is 11.1 Å². The molecule has 0 aliphatic rings. The minimum Gasteiger partial charge on any atom is -0.369 e. The van der Waals surface area contributed by atoms with E-state index in [1.54, 1.807) is 69.3 Å². The second-order valence-electron chi connectivity index (χ2n) is 8.09. The summed E-state index contributed by atoms with van der Waals surface area (Å²) in [6.07, 6.45) is -0.0122. The van der Waals surface area contributed by atoms with Crippen molar-refractivity contribution in [1.82, 2.24) is 10.2 Å². The number of nitrogens with one attached hydrogen (secondary N) is 2. The van der Waals surface area contributed by atoms with Gasteiger partial charge in [-0.15, -0.1) is 0 Å². The standard InChI is InChI=1S/C21H27N3O5S/c1-21(2,3)24-30(28,29)18-7-5-4-6-17(18)15-10-8-14(9-11-15)12-16(20(22)26)13-19(25)23-27/h4-11,16,24,27H,12-13H2,1-3H3,(H2,22,26)(H,23,25)/t16-/m1/s1. The fourth-order valence-corrected chi connectivity index (χ4v) is 4.69. The molecule has 5 N–H and O–H groups in total. The molecule has 2 aromatic carbocycles. The van der Waals surface area contributed by atoms with Crippen LogP contribution in [0.15, 0.2) is 53.4 Å². The van der Waals surface area contributed by atoms with Crippen LogP contribution >= 0.6 is 0 Å². The van der Waals surface area contributed by atoms with E-state index < -0.39 is 33.3 Å². The Morgan fingerprint density at radius 3 is 2.20 bits per heavy atom. The van der Waals surface area contributed by atoms with Gasteiger partial charge in [0.15, 0.2) is 0 Å². The van der Waals surface area contributed by atoms with E-state index >= 15 is 0 Å². The topological polar surface area (TPSA) is 139 Å². The highest BCUT2D eigenvalue weighted by Gasteiger charge is 2.25. The van der Waals surface area contributed by atoms with Gasteiger partial charge in [-0.3, -0.25) is 14.8 Å². The predicted molar refractivity (Wildman–Crippen MR) is 113 cm³/mol. The number of carbonyl (C=O) groups is 2. The summed E-state index contributed by atoms with van der Waals surface area (Å²) in [4.78, 5) is 23.1. The molecule has 0 aliphatic heterocycles. The average Bonchev–Trinajstić information content (AvgIpc) is 2.66. The molecule has 0 saturated heterocycles. The summed E-state index contributed by atoms with van der Waals surface area (Å²) in [6.45, 7) is 5.32. The first-order chi connectivity index (χ1) is 13.9. The van der Waals surface area contributed by atoms with Gasteiger partial charge in [-0.1, -0.05) is 42.5 Å². The Morgan fingerprint density at radius 1 is 1.07 bits per heavy atom. The van der Waals surface area contributed by atoms with Gasteiger partial charge in [0.1, 0.15) is 0 Å². The molecule has 9 heteroatoms. The van der Waals surface area contributed by atoms with Crippen molar-refractivity contribution in [2.24, 2.45) is 11.7 Å². The van der Waals surface area contributed by atoms with E-state index in [1.807, 2.05) is 0 Å². The summed E-state index contributed by atoms with van der Waals surface area (Å²) in [6, 6.07) is 13.7. The summed E-state index contributed by atoms with van der Waals surface area (Å²) in [7, 11) is -3.73. The molecule has 0 unspecified atom stereocenters. The van der Waals surface area contributed by atoms with E-state index in [2.05, 4.69) is 4.72 Å². The Labute approximate surface area is 176 Å². The second-order valence-corrected chi connectivity index (χ2v) is 9.74. The second kappa shape index (κ2) is 9.38. The summed E-state index contributed by atoms with van der Waals surface area (Å²) in [5, 5.41) is 8.65. The number of amides is 2. The number of benzene rings is 2. The number of rotatable bonds is 8. The Balaban J connectivity index is 2.31. The number of hydroxylamine groups is 1. The van der Waals surface area contributed by atoms with Crippen LogP contribution in [0.2, 0.25) is 0 Å². The van der Waals surface area contributed by atoms with Crippen LogP contribution in [0, 0.1) is 5.92 Å². The lowest BCUT2D eigenvalue weighted by Gasteiger charge is -2.21. The lowest BCUT2D eigenvalue weighted by Crippen LogP contribution is -2.40. The van der Waals surface area contributed by atoms with E-state index in [-0.39, 0.29) is 17.7 Å². The van der Waals surface area contributed by atoms with Crippen LogP contribution in [0.5, 0.6) is 0 Å². The van der Waals surface area contributed by atoms with Gasteiger partial charge in [0, 0.05) is 17.5 Å². The van der Waals surface area contributed by atoms with Crippen LogP contribution in [0.1, 0.15) is 32.8 Å². The molecule has 0 saturated carbocycles. The minimum atomic E-state index is -3.73. The first-order valence-corrected chi connectivity index (χ1v) is 10.9. The third kappa shape index (κ3) is 6.38. The molecule has 0 heterocycles. The van der Waals surface area contributed by atoms with E-state index in [9.17, 15) is 18.0 Å². The molecule has 0 bridgehead atoms. The molecule has 0 aliphatic carbocycles. The predicted octanol–water partition coefficient (Wildman–Crippen LogP) is 1.97. The number of nitrogens with two attached hydrogens (primary N) is 1. The molecular weight excluding hydrogens is 406 g/mol. The van der Waals surface area contributed by atoms with Crippen molar-refractivity contribution in [3.8, 4) is 11.1 Å². The maximum absolute atomic E-state index is 12.8. The molecule has 0 radical (unpaired) electrons. The molecule has 2 amide bonds. The lowest BCUT2D eigenvalue weighted by molar-refractivity contribution is -0.133. The van der Waals surface area contributed by atoms with Crippen LogP contribution in [0.3, 0.4) is 0 Å². The third-order valence-corrected chi connectivity index (χ3v) is 6.14. The number of carbonyl (C=O) groups excluding carboxylic acids is 2. The Morgan fingerprint density at radius 2 is 1.67 bits per heavy atom. The number of hydrogen-bond acceptors (Lipinski definition) is 5. The SMILES string of the molecule is CC(C)(C)NS(=O)(=O)c1ccccc1-c1ccc(C[C@H](CC(=O)NO)C(N)=O)cc1. The van der Waals surface area contributed by atoms with Gasteiger partial charge < -0.3 is 5.73 Å². The highest BCUT2D eigenvalue weighted by atomic mass is 32.2. The first kappa shape index (κ1) is 23.5. The molecule has 30 heavy (non-hydrogen) atoms. The fourth-order valence-electron chi connectivity index (χ4n) is 3.05. The smallest absolute Gasteiger partial charge is 0.244 e. The third-order valence-electron chi connectivity index (χ3n) is 4.32. The fraction of sp³-hybridized carbons (Fsp3) is 0.333. The molecule has 1 atom stereocenters. The largest absolute Gasteiger partial charge is 0.369 e. The van der Waals surface area contributed by atoms with Crippen molar-refractivity contribution in [3.63, 3.8) is 0 Å². The van der Waals surface area contributed by atoms with Crippen molar-refractivity contribution in [3.05, 3.63) is 54.1 Å². The summed E-state index contributed by atoms with van der Waals surface area (Å²) in [5.74, 6) is -2.11. The Kier molecular flexibility index (Phi) is 7.35. The number of sulfonamides is 1. The highest BCUT2D eigenvalue weighted by Crippen LogP contribution is 2.28. The van der Waals surface area contributed by atoms with Crippen molar-refractivity contribution in [2.45, 2.75) is 44.0 Å². The van der Waals surface area contributed by atoms with Crippen molar-refractivity contribution >= 4 is 21.8 Å². The van der Waals surface area contributed by atoms with Crippen LogP contribution < -0.4 is 15.9 Å². The van der Waals surface area contributed by atoms with Gasteiger partial charge in [-0.05, 0) is 44.4 Å². The van der Waals surface area contributed by atoms with Crippen LogP contribution in [0.4, 0.5) is 0 Å². The maximum atomic E-state index is 12.8. The summed E-state index contributed by atoms with van der Waals surface area (Å²) < 4.78 is 28.3. The normalized spacial score (nSPS) is 12.9. The summed E-state index contributed by atoms with van der Waals surface area (Å²) >= 11 is 0. The van der Waals surface area contributed by atoms with E-state index in [0.29, 0.717) is 11.1 Å². The molecule has 0 fully saturated rings. The van der Waals surface area contributed by atoms with Crippen LogP contribution in [-0.2, 0) is 26.0 Å². The van der Waals surface area contributed by atoms with Gasteiger partial charge in [-0.25, -0.2) is 18.6 Å². The van der Waals surface area contributed by atoms with E-state index in [1.165, 1.54) is 5.48 Å². The van der Waals surface area contributed by atoms with Gasteiger partial charge in [0.2, 0.25) is 21.8 Å². The Bertz CT molecular complexity index is 1010. The molecule has 2 rings (SSSR count). The van der Waals surface area contributed by atoms with Crippen molar-refractivity contribution in [1.29, 1.82) is 0 Å². The molecule has 0 aromatic heterocycles. The van der Waals surface area contributed by atoms with E-state index in [4.69, 9.17) is 10.9 Å². The highest BCUT2D eigenvalue weighted by molar-refractivity contribution is 7.89. The van der Waals surface area contributed by atoms with Crippen LogP contribution in [-0.4, -0.2) is 31.0 Å². The van der Waals surface area contributed by atoms with Crippen molar-refractivity contribution < 1.29 is 23.2 Å². The summed E-state index contributed by atoms with van der Waals surface area (Å²) in [5.41, 5.74) is 8.21. The zero-order valence-electron chi connectivity index (χ0n) is 17.2. The first-order valence-electron chi connectivity index (χ1n) is 9.37. The number of hydrogen-bond donors (Lipinski definition) is 4. The van der Waals surface area contributed by atoms with Gasteiger partial charge in [-0.2, -0.15) is 0 Å². The molecular formula is C21H27N3O5S. The van der Waals surface area contributed by atoms with E-state index in [0.717, 1.165) is 5.56 Å². The minimum absolute atomic E-state index is 0.169. The molecule has 2 aromatic rings. The lowest BCUT2D eigenvalue weighted by atomic mass is 9.94. The van der Waals surface area contributed by atoms with Gasteiger partial charge in [0.05, 0.1) is 10.8 Å². The molecule has 8 nitrogen and oxygen atoms in total. The zero-order valence-corrected chi connectivity index (χ0v) is 18.0. The monoisotopic (exact) mass is 433 g/mol. The number of primary amides is 1. The quantitative estimate of drug-likeness (QED) is 0.372. The van der Waals surface area contributed by atoms with Crippen molar-refractivity contribution in [2.75, 3.05) is 0 Å². The molecule has 162 valence electrons. The van der Waals surface area contributed by atoms with Gasteiger partial charge >= 0.3 is 0 Å². The maximum Gasteiger partial charge on any atom is 0.244 e. The van der Waals surface area contributed by atoms with Gasteiger partial charge in [0.25, 0.3) is 0 Å².